The van der Waals surface area contributed by atoms with Crippen LogP contribution in [0.4, 0.5) is 11.6 Å². The van der Waals surface area contributed by atoms with Crippen molar-refractivity contribution in [2.45, 2.75) is 25.5 Å². The topological polar surface area (TPSA) is 106 Å². The van der Waals surface area contributed by atoms with Gasteiger partial charge in [-0.1, -0.05) is 39.9 Å². The van der Waals surface area contributed by atoms with Gasteiger partial charge < -0.3 is 20.5 Å². The Morgan fingerprint density at radius 2 is 2.04 bits per heavy atom. The number of benzene rings is 1. The fourth-order valence-electron chi connectivity index (χ4n) is 2.52. The second kappa shape index (κ2) is 6.63. The summed E-state index contributed by atoms with van der Waals surface area (Å²) >= 11 is 0. The zero-order chi connectivity index (χ0) is 17.1. The van der Waals surface area contributed by atoms with E-state index >= 15 is 0 Å². The summed E-state index contributed by atoms with van der Waals surface area (Å²) in [7, 11) is 0. The Labute approximate surface area is 137 Å². The van der Waals surface area contributed by atoms with Crippen LogP contribution in [0.1, 0.15) is 25.0 Å². The molecule has 0 amide bonds. The maximum atomic E-state index is 11.0. The molecule has 2 heterocycles. The van der Waals surface area contributed by atoms with E-state index in [0.29, 0.717) is 17.9 Å². The van der Waals surface area contributed by atoms with Crippen molar-refractivity contribution in [2.24, 2.45) is 0 Å². The molecule has 8 nitrogen and oxygen atoms in total. The molecule has 124 valence electrons. The van der Waals surface area contributed by atoms with E-state index in [1.807, 2.05) is 37.3 Å². The summed E-state index contributed by atoms with van der Waals surface area (Å²) in [6, 6.07) is 12.7. The lowest BCUT2D eigenvalue weighted by Crippen LogP contribution is -2.20. The Morgan fingerprint density at radius 3 is 2.75 bits per heavy atom. The fraction of sp³-hybridized carbons (Fsp3) is 0.250. The second-order valence-electron chi connectivity index (χ2n) is 5.57. The smallest absolute Gasteiger partial charge is 0.368 e. The SMILES string of the molecule is CC(CC(O)c1ccccc1)Nc1ccc2ncc([N+](=O)[O-])n2n1. The predicted molar refractivity (Wildman–Crippen MR) is 88.7 cm³/mol. The highest BCUT2D eigenvalue weighted by atomic mass is 16.6. The van der Waals surface area contributed by atoms with Crippen molar-refractivity contribution in [3.63, 3.8) is 0 Å². The van der Waals surface area contributed by atoms with Crippen molar-refractivity contribution in [3.05, 3.63) is 64.3 Å². The Kier molecular flexibility index (Phi) is 4.39. The van der Waals surface area contributed by atoms with Crippen LogP contribution in [0.5, 0.6) is 0 Å². The minimum absolute atomic E-state index is 0.0762. The van der Waals surface area contributed by atoms with Gasteiger partial charge in [0.25, 0.3) is 0 Å². The van der Waals surface area contributed by atoms with E-state index < -0.39 is 11.0 Å². The number of nitrogens with one attached hydrogen (secondary N) is 1. The van der Waals surface area contributed by atoms with E-state index in [0.717, 1.165) is 5.56 Å². The zero-order valence-electron chi connectivity index (χ0n) is 13.0. The number of hydrogen-bond donors (Lipinski definition) is 2. The molecule has 2 N–H and O–H groups in total. The van der Waals surface area contributed by atoms with E-state index in [2.05, 4.69) is 15.4 Å². The average Bonchev–Trinajstić information content (AvgIpc) is 2.99. The molecule has 0 fully saturated rings. The molecule has 3 rings (SSSR count). The molecule has 2 aromatic heterocycles. The Bertz CT molecular complexity index is 849. The van der Waals surface area contributed by atoms with Crippen molar-refractivity contribution in [1.29, 1.82) is 0 Å². The fourth-order valence-corrected chi connectivity index (χ4v) is 2.52. The number of nitrogens with zero attached hydrogens (tertiary/aromatic N) is 4. The Morgan fingerprint density at radius 1 is 1.29 bits per heavy atom. The third kappa shape index (κ3) is 3.33. The van der Waals surface area contributed by atoms with Crippen LogP contribution >= 0.6 is 0 Å². The predicted octanol–water partition coefficient (Wildman–Crippen LogP) is 2.56. The van der Waals surface area contributed by atoms with Crippen molar-refractivity contribution in [3.8, 4) is 0 Å². The van der Waals surface area contributed by atoms with Crippen LogP contribution in [0.2, 0.25) is 0 Å². The number of fused-ring (bicyclic) bond motifs is 1. The Balaban J connectivity index is 1.72. The molecular weight excluding hydrogens is 310 g/mol. The van der Waals surface area contributed by atoms with Gasteiger partial charge in [0, 0.05) is 12.1 Å². The van der Waals surface area contributed by atoms with Crippen LogP contribution in [0.3, 0.4) is 0 Å². The second-order valence-corrected chi connectivity index (χ2v) is 5.57. The minimum atomic E-state index is -0.597. The molecule has 0 aliphatic rings. The van der Waals surface area contributed by atoms with Gasteiger partial charge in [-0.25, -0.2) is 4.98 Å². The third-order valence-corrected chi connectivity index (χ3v) is 3.69. The van der Waals surface area contributed by atoms with Crippen molar-refractivity contribution in [1.82, 2.24) is 14.6 Å². The lowest BCUT2D eigenvalue weighted by atomic mass is 10.0. The molecule has 2 unspecified atom stereocenters. The molecule has 3 aromatic rings. The largest absolute Gasteiger partial charge is 0.388 e. The number of anilines is 1. The first kappa shape index (κ1) is 15.9. The maximum Gasteiger partial charge on any atom is 0.368 e. The standard InChI is InChI=1S/C16H17N5O3/c1-11(9-13(22)12-5-3-2-4-6-12)18-14-7-8-15-17-10-16(21(23)24)20(15)19-14/h2-8,10-11,13,22H,9H2,1H3,(H,18,19). The van der Waals surface area contributed by atoms with Crippen molar-refractivity contribution in [2.75, 3.05) is 5.32 Å². The molecule has 0 aliphatic carbocycles. The minimum Gasteiger partial charge on any atom is -0.388 e. The first-order chi connectivity index (χ1) is 11.5. The maximum absolute atomic E-state index is 11.0. The monoisotopic (exact) mass is 327 g/mol. The summed E-state index contributed by atoms with van der Waals surface area (Å²) in [5.74, 6) is 0.294. The van der Waals surface area contributed by atoms with Gasteiger partial charge in [-0.15, -0.1) is 0 Å². The molecule has 0 spiro atoms. The molecular formula is C16H17N5O3. The van der Waals surface area contributed by atoms with Gasteiger partial charge in [0.15, 0.2) is 5.82 Å². The summed E-state index contributed by atoms with van der Waals surface area (Å²) in [5, 5.41) is 28.6. The van der Waals surface area contributed by atoms with E-state index in [4.69, 9.17) is 0 Å². The van der Waals surface area contributed by atoms with E-state index in [1.54, 1.807) is 12.1 Å². The van der Waals surface area contributed by atoms with Crippen LogP contribution in [0.15, 0.2) is 48.7 Å². The number of imidazole rings is 1. The van der Waals surface area contributed by atoms with Crippen molar-refractivity contribution >= 4 is 17.3 Å². The van der Waals surface area contributed by atoms with Gasteiger partial charge in [-0.05, 0) is 29.9 Å². The number of aliphatic hydroxyl groups is 1. The van der Waals surface area contributed by atoms with Gasteiger partial charge in [0.05, 0.1) is 6.10 Å². The number of hydrogen-bond acceptors (Lipinski definition) is 6. The number of aliphatic hydroxyl groups excluding tert-OH is 1. The molecule has 0 saturated carbocycles. The number of rotatable bonds is 6. The van der Waals surface area contributed by atoms with Crippen LogP contribution in [0.25, 0.3) is 5.65 Å². The highest BCUT2D eigenvalue weighted by Gasteiger charge is 2.17. The van der Waals surface area contributed by atoms with E-state index in [9.17, 15) is 15.2 Å². The van der Waals surface area contributed by atoms with Crippen LogP contribution in [-0.2, 0) is 0 Å². The lowest BCUT2D eigenvalue weighted by Gasteiger charge is -2.18. The van der Waals surface area contributed by atoms with Gasteiger partial charge >= 0.3 is 5.82 Å². The van der Waals surface area contributed by atoms with Gasteiger partial charge in [0.1, 0.15) is 6.20 Å². The normalized spacial score (nSPS) is 13.6. The highest BCUT2D eigenvalue weighted by Crippen LogP contribution is 2.20. The van der Waals surface area contributed by atoms with Crippen LogP contribution in [0, 0.1) is 10.1 Å². The van der Waals surface area contributed by atoms with Crippen LogP contribution < -0.4 is 5.32 Å². The molecule has 24 heavy (non-hydrogen) atoms. The molecule has 8 heteroatoms. The molecule has 0 bridgehead atoms. The summed E-state index contributed by atoms with van der Waals surface area (Å²) in [6.45, 7) is 1.92. The first-order valence-corrected chi connectivity index (χ1v) is 7.53. The lowest BCUT2D eigenvalue weighted by molar-refractivity contribution is -0.391. The number of nitro groups is 1. The summed E-state index contributed by atoms with van der Waals surface area (Å²) in [5.41, 5.74) is 1.25. The molecule has 0 radical (unpaired) electrons. The Hall–Kier alpha value is -3.00. The van der Waals surface area contributed by atoms with Gasteiger partial charge in [-0.3, -0.25) is 0 Å². The zero-order valence-corrected chi connectivity index (χ0v) is 13.0. The summed E-state index contributed by atoms with van der Waals surface area (Å²) in [4.78, 5) is 14.4. The van der Waals surface area contributed by atoms with Gasteiger partial charge in [0.2, 0.25) is 5.65 Å². The van der Waals surface area contributed by atoms with Crippen molar-refractivity contribution < 1.29 is 10.0 Å². The van der Waals surface area contributed by atoms with E-state index in [-0.39, 0.29) is 11.9 Å². The molecule has 0 aliphatic heterocycles. The molecule has 1 aromatic carbocycles. The summed E-state index contributed by atoms with van der Waals surface area (Å²) in [6.07, 6.45) is 1.06. The van der Waals surface area contributed by atoms with Gasteiger partial charge in [-0.2, -0.15) is 0 Å². The number of aromatic nitrogens is 3. The summed E-state index contributed by atoms with van der Waals surface area (Å²) < 4.78 is 1.18. The first-order valence-electron chi connectivity index (χ1n) is 7.53. The van der Waals surface area contributed by atoms with E-state index in [1.165, 1.54) is 10.7 Å². The quantitative estimate of drug-likeness (QED) is 0.532. The molecule has 2 atom stereocenters. The highest BCUT2D eigenvalue weighted by molar-refractivity contribution is 5.48. The van der Waals surface area contributed by atoms with Crippen LogP contribution in [-0.4, -0.2) is 30.7 Å². The average molecular weight is 327 g/mol. The third-order valence-electron chi connectivity index (χ3n) is 3.69. The molecule has 0 saturated heterocycles.